The molecule has 1 aromatic rings. The standard InChI is InChI=1S/C21H28O9/c1-5-10-27-21-20(29-14(3)23)19(28-13(2)22)18(24)17(30-21)12-26-11-15-6-8-16(25-4)9-7-15/h5-9,17-21,24H,1,10-12H2,2-4H3/t17-,18-,19+,20-,21-/m1/s1. The van der Waals surface area contributed by atoms with Gasteiger partial charge in [-0.25, -0.2) is 0 Å². The van der Waals surface area contributed by atoms with Crippen molar-refractivity contribution in [2.75, 3.05) is 20.3 Å². The SMILES string of the molecule is C=CCO[C@@H]1O[C@H](COCc2ccc(OC)cc2)[C@@H](O)[C@H](OC(C)=O)[C@H]1OC(C)=O. The van der Waals surface area contributed by atoms with E-state index in [0.717, 1.165) is 11.3 Å². The maximum atomic E-state index is 11.6. The number of carbonyl (C=O) groups is 2. The van der Waals surface area contributed by atoms with Crippen molar-refractivity contribution in [1.29, 1.82) is 0 Å². The largest absolute Gasteiger partial charge is 0.497 e. The maximum Gasteiger partial charge on any atom is 0.303 e. The molecule has 0 aromatic heterocycles. The molecule has 1 aliphatic heterocycles. The van der Waals surface area contributed by atoms with Gasteiger partial charge < -0.3 is 33.5 Å². The van der Waals surface area contributed by atoms with Crippen LogP contribution in [0.2, 0.25) is 0 Å². The van der Waals surface area contributed by atoms with Crippen LogP contribution in [0.5, 0.6) is 5.75 Å². The first-order valence-electron chi connectivity index (χ1n) is 9.46. The van der Waals surface area contributed by atoms with Crippen LogP contribution in [0.15, 0.2) is 36.9 Å². The van der Waals surface area contributed by atoms with Crippen molar-refractivity contribution < 1.29 is 43.1 Å². The van der Waals surface area contributed by atoms with E-state index in [-0.39, 0.29) is 19.8 Å². The van der Waals surface area contributed by atoms with Crippen molar-refractivity contribution in [2.24, 2.45) is 0 Å². The Balaban J connectivity index is 2.08. The zero-order valence-corrected chi connectivity index (χ0v) is 17.3. The van der Waals surface area contributed by atoms with Crippen LogP contribution in [0.3, 0.4) is 0 Å². The van der Waals surface area contributed by atoms with E-state index in [1.54, 1.807) is 7.11 Å². The zero-order valence-electron chi connectivity index (χ0n) is 17.3. The Morgan fingerprint density at radius 3 is 2.33 bits per heavy atom. The topological polar surface area (TPSA) is 110 Å². The number of methoxy groups -OCH3 is 1. The van der Waals surface area contributed by atoms with Crippen LogP contribution >= 0.6 is 0 Å². The van der Waals surface area contributed by atoms with E-state index < -0.39 is 42.6 Å². The molecule has 1 heterocycles. The molecule has 1 saturated heterocycles. The second-order valence-corrected chi connectivity index (χ2v) is 6.67. The first-order chi connectivity index (χ1) is 14.3. The number of benzene rings is 1. The summed E-state index contributed by atoms with van der Waals surface area (Å²) >= 11 is 0. The Morgan fingerprint density at radius 1 is 1.13 bits per heavy atom. The highest BCUT2D eigenvalue weighted by Gasteiger charge is 2.49. The molecule has 1 aliphatic rings. The molecule has 2 rings (SSSR count). The van der Waals surface area contributed by atoms with Crippen LogP contribution in [0.4, 0.5) is 0 Å². The van der Waals surface area contributed by atoms with E-state index in [4.69, 9.17) is 28.4 Å². The van der Waals surface area contributed by atoms with Gasteiger partial charge in [-0.1, -0.05) is 18.2 Å². The molecular weight excluding hydrogens is 396 g/mol. The van der Waals surface area contributed by atoms with Gasteiger partial charge >= 0.3 is 11.9 Å². The number of carbonyl (C=O) groups excluding carboxylic acids is 2. The lowest BCUT2D eigenvalue weighted by atomic mass is 9.98. The molecule has 0 bridgehead atoms. The number of aliphatic hydroxyl groups is 1. The monoisotopic (exact) mass is 424 g/mol. The molecule has 5 atom stereocenters. The fourth-order valence-electron chi connectivity index (χ4n) is 2.98. The highest BCUT2D eigenvalue weighted by atomic mass is 16.7. The minimum absolute atomic E-state index is 0.00823. The van der Waals surface area contributed by atoms with Crippen molar-refractivity contribution in [3.63, 3.8) is 0 Å². The van der Waals surface area contributed by atoms with Crippen LogP contribution in [-0.4, -0.2) is 68.1 Å². The van der Waals surface area contributed by atoms with Crippen LogP contribution in [0.25, 0.3) is 0 Å². The molecule has 0 saturated carbocycles. The van der Waals surface area contributed by atoms with Gasteiger partial charge in [0, 0.05) is 13.8 Å². The number of hydrogen-bond acceptors (Lipinski definition) is 9. The molecule has 30 heavy (non-hydrogen) atoms. The molecular formula is C21H28O9. The lowest BCUT2D eigenvalue weighted by Crippen LogP contribution is -2.61. The van der Waals surface area contributed by atoms with E-state index in [1.165, 1.54) is 19.9 Å². The number of hydrogen-bond donors (Lipinski definition) is 1. The van der Waals surface area contributed by atoms with Crippen LogP contribution < -0.4 is 4.74 Å². The third-order valence-electron chi connectivity index (χ3n) is 4.31. The molecule has 1 aromatic carbocycles. The summed E-state index contributed by atoms with van der Waals surface area (Å²) in [5.41, 5.74) is 0.898. The van der Waals surface area contributed by atoms with E-state index in [1.807, 2.05) is 24.3 Å². The highest BCUT2D eigenvalue weighted by molar-refractivity contribution is 5.67. The van der Waals surface area contributed by atoms with E-state index in [2.05, 4.69) is 6.58 Å². The van der Waals surface area contributed by atoms with Gasteiger partial charge in [0.05, 0.1) is 26.9 Å². The molecule has 0 radical (unpaired) electrons. The quantitative estimate of drug-likeness (QED) is 0.440. The summed E-state index contributed by atoms with van der Waals surface area (Å²) in [5, 5.41) is 10.7. The van der Waals surface area contributed by atoms with Crippen molar-refractivity contribution >= 4 is 11.9 Å². The third kappa shape index (κ3) is 6.81. The lowest BCUT2D eigenvalue weighted by Gasteiger charge is -2.42. The second-order valence-electron chi connectivity index (χ2n) is 6.67. The lowest BCUT2D eigenvalue weighted by molar-refractivity contribution is -0.305. The summed E-state index contributed by atoms with van der Waals surface area (Å²) in [4.78, 5) is 23.1. The summed E-state index contributed by atoms with van der Waals surface area (Å²) in [6, 6.07) is 7.32. The molecule has 0 unspecified atom stereocenters. The number of aliphatic hydroxyl groups excluding tert-OH is 1. The second kappa shape index (κ2) is 11.7. The smallest absolute Gasteiger partial charge is 0.303 e. The molecule has 1 fully saturated rings. The van der Waals surface area contributed by atoms with Gasteiger partial charge in [0.25, 0.3) is 0 Å². The minimum atomic E-state index is -1.29. The van der Waals surface area contributed by atoms with Gasteiger partial charge in [-0.2, -0.15) is 0 Å². The van der Waals surface area contributed by atoms with Crippen LogP contribution in [0.1, 0.15) is 19.4 Å². The van der Waals surface area contributed by atoms with Gasteiger partial charge in [-0.05, 0) is 17.7 Å². The number of esters is 2. The van der Waals surface area contributed by atoms with Crippen molar-refractivity contribution in [2.45, 2.75) is 51.2 Å². The molecule has 9 heteroatoms. The predicted octanol–water partition coefficient (Wildman–Crippen LogP) is 1.36. The fourth-order valence-corrected chi connectivity index (χ4v) is 2.98. The normalized spacial score (nSPS) is 25.9. The summed E-state index contributed by atoms with van der Waals surface area (Å²) in [6.45, 7) is 6.33. The average Bonchev–Trinajstić information content (AvgIpc) is 2.71. The summed E-state index contributed by atoms with van der Waals surface area (Å²) < 4.78 is 32.5. The van der Waals surface area contributed by atoms with Crippen LogP contribution in [-0.2, 0) is 39.9 Å². The third-order valence-corrected chi connectivity index (χ3v) is 4.31. The summed E-state index contributed by atoms with van der Waals surface area (Å²) in [7, 11) is 1.58. The molecule has 0 amide bonds. The molecule has 1 N–H and O–H groups in total. The average molecular weight is 424 g/mol. The van der Waals surface area contributed by atoms with Gasteiger partial charge in [0.1, 0.15) is 18.0 Å². The summed E-state index contributed by atoms with van der Waals surface area (Å²) in [6.07, 6.45) is -4.07. The Kier molecular flexibility index (Phi) is 9.25. The van der Waals surface area contributed by atoms with E-state index in [0.29, 0.717) is 0 Å². The van der Waals surface area contributed by atoms with Gasteiger partial charge in [0.15, 0.2) is 18.5 Å². The molecule has 0 spiro atoms. The zero-order chi connectivity index (χ0) is 22.1. The number of rotatable bonds is 10. The van der Waals surface area contributed by atoms with Gasteiger partial charge in [0.2, 0.25) is 0 Å². The molecule has 9 nitrogen and oxygen atoms in total. The summed E-state index contributed by atoms with van der Waals surface area (Å²) in [5.74, 6) is -0.541. The Morgan fingerprint density at radius 2 is 1.77 bits per heavy atom. The predicted molar refractivity (Wildman–Crippen MR) is 105 cm³/mol. The minimum Gasteiger partial charge on any atom is -0.497 e. The fraction of sp³-hybridized carbons (Fsp3) is 0.524. The van der Waals surface area contributed by atoms with Crippen LogP contribution in [0, 0.1) is 0 Å². The van der Waals surface area contributed by atoms with E-state index >= 15 is 0 Å². The molecule has 166 valence electrons. The first kappa shape index (κ1) is 23.8. The van der Waals surface area contributed by atoms with Gasteiger partial charge in [-0.3, -0.25) is 9.59 Å². The Hall–Kier alpha value is -2.46. The van der Waals surface area contributed by atoms with Crippen molar-refractivity contribution in [3.05, 3.63) is 42.5 Å². The Labute approximate surface area is 175 Å². The first-order valence-corrected chi connectivity index (χ1v) is 9.46. The highest BCUT2D eigenvalue weighted by Crippen LogP contribution is 2.28. The van der Waals surface area contributed by atoms with Gasteiger partial charge in [-0.15, -0.1) is 6.58 Å². The Bertz CT molecular complexity index is 703. The maximum absolute atomic E-state index is 11.6. The number of ether oxygens (including phenoxy) is 6. The van der Waals surface area contributed by atoms with Crippen molar-refractivity contribution in [3.8, 4) is 5.75 Å². The van der Waals surface area contributed by atoms with Crippen molar-refractivity contribution in [1.82, 2.24) is 0 Å². The molecule has 0 aliphatic carbocycles. The van der Waals surface area contributed by atoms with E-state index in [9.17, 15) is 14.7 Å².